The lowest BCUT2D eigenvalue weighted by molar-refractivity contribution is -0.161. The number of ether oxygens (including phenoxy) is 1. The van der Waals surface area contributed by atoms with Crippen LogP contribution in [0.1, 0.15) is 10.4 Å². The van der Waals surface area contributed by atoms with Gasteiger partial charge in [-0.15, -0.1) is 5.10 Å². The molecule has 0 bridgehead atoms. The molecule has 2 aromatic rings. The van der Waals surface area contributed by atoms with Crippen LogP contribution in [0.2, 0.25) is 0 Å². The number of carbonyl (C=O) groups excluding carboxylic acids is 1. The molecule has 0 unspecified atom stereocenters. The summed E-state index contributed by atoms with van der Waals surface area (Å²) in [6, 6.07) is 4.49. The maximum absolute atomic E-state index is 11.9. The zero-order chi connectivity index (χ0) is 12.5. The van der Waals surface area contributed by atoms with Crippen molar-refractivity contribution in [3.63, 3.8) is 0 Å². The van der Waals surface area contributed by atoms with E-state index in [4.69, 9.17) is 0 Å². The van der Waals surface area contributed by atoms with Crippen molar-refractivity contribution >= 4 is 27.7 Å². The number of benzene rings is 1. The molecule has 4 nitrogen and oxygen atoms in total. The monoisotopic (exact) mass is 262 g/mol. The SMILES string of the molecule is O=C(OCC(F)(F)F)c1cccc2nnsc12. The average molecular weight is 262 g/mol. The smallest absolute Gasteiger partial charge is 0.422 e. The van der Waals surface area contributed by atoms with Crippen molar-refractivity contribution in [2.45, 2.75) is 6.18 Å². The number of halogens is 3. The summed E-state index contributed by atoms with van der Waals surface area (Å²) in [6.45, 7) is -1.60. The first-order valence-corrected chi connectivity index (χ1v) is 5.20. The second-order valence-corrected chi connectivity index (χ2v) is 3.87. The Balaban J connectivity index is 2.22. The molecule has 0 N–H and O–H groups in total. The van der Waals surface area contributed by atoms with Crippen molar-refractivity contribution in [3.8, 4) is 0 Å². The quantitative estimate of drug-likeness (QED) is 0.780. The third kappa shape index (κ3) is 2.70. The molecule has 2 rings (SSSR count). The molecular formula is C9H5F3N2O2S. The van der Waals surface area contributed by atoms with Crippen LogP contribution in [0.25, 0.3) is 10.2 Å². The predicted octanol–water partition coefficient (Wildman–Crippen LogP) is 2.41. The van der Waals surface area contributed by atoms with E-state index in [1.807, 2.05) is 0 Å². The number of carbonyl (C=O) groups is 1. The Kier molecular flexibility index (Phi) is 2.97. The van der Waals surface area contributed by atoms with E-state index in [1.54, 1.807) is 6.07 Å². The number of hydrogen-bond acceptors (Lipinski definition) is 5. The molecule has 0 fully saturated rings. The molecule has 0 amide bonds. The zero-order valence-electron chi connectivity index (χ0n) is 8.19. The van der Waals surface area contributed by atoms with E-state index in [1.165, 1.54) is 12.1 Å². The fourth-order valence-electron chi connectivity index (χ4n) is 1.19. The second-order valence-electron chi connectivity index (χ2n) is 3.12. The van der Waals surface area contributed by atoms with E-state index in [2.05, 4.69) is 14.3 Å². The first kappa shape index (κ1) is 11.8. The lowest BCUT2D eigenvalue weighted by atomic mass is 10.2. The molecule has 1 heterocycles. The van der Waals surface area contributed by atoms with E-state index < -0.39 is 18.8 Å². The highest BCUT2D eigenvalue weighted by molar-refractivity contribution is 7.13. The molecular weight excluding hydrogens is 257 g/mol. The summed E-state index contributed by atoms with van der Waals surface area (Å²) in [6.07, 6.45) is -4.53. The molecule has 0 aliphatic carbocycles. The maximum atomic E-state index is 11.9. The summed E-state index contributed by atoms with van der Waals surface area (Å²) in [5.74, 6) is -1.03. The molecule has 0 spiro atoms. The van der Waals surface area contributed by atoms with Gasteiger partial charge in [-0.05, 0) is 23.7 Å². The van der Waals surface area contributed by atoms with Crippen LogP contribution < -0.4 is 0 Å². The predicted molar refractivity (Wildman–Crippen MR) is 53.8 cm³/mol. The van der Waals surface area contributed by atoms with Crippen molar-refractivity contribution in [3.05, 3.63) is 23.8 Å². The summed E-state index contributed by atoms with van der Waals surface area (Å²) < 4.78 is 43.8. The van der Waals surface area contributed by atoms with Gasteiger partial charge in [0, 0.05) is 0 Å². The van der Waals surface area contributed by atoms with Crippen LogP contribution in [0.15, 0.2) is 18.2 Å². The van der Waals surface area contributed by atoms with Crippen LogP contribution in [0, 0.1) is 0 Å². The minimum Gasteiger partial charge on any atom is -0.452 e. The van der Waals surface area contributed by atoms with Gasteiger partial charge < -0.3 is 4.74 Å². The molecule has 0 aliphatic rings. The Bertz CT molecular complexity index is 552. The van der Waals surface area contributed by atoms with E-state index in [-0.39, 0.29) is 5.56 Å². The third-order valence-electron chi connectivity index (χ3n) is 1.86. The van der Waals surface area contributed by atoms with Gasteiger partial charge in [-0.1, -0.05) is 10.6 Å². The highest BCUT2D eigenvalue weighted by atomic mass is 32.1. The Labute approximate surface area is 97.2 Å². The fraction of sp³-hybridized carbons (Fsp3) is 0.222. The number of fused-ring (bicyclic) bond motifs is 1. The Morgan fingerprint density at radius 2 is 2.18 bits per heavy atom. The van der Waals surface area contributed by atoms with Gasteiger partial charge >= 0.3 is 12.1 Å². The molecule has 0 saturated carbocycles. The number of rotatable bonds is 2. The van der Waals surface area contributed by atoms with Gasteiger partial charge in [0.05, 0.1) is 10.3 Å². The Morgan fingerprint density at radius 1 is 1.41 bits per heavy atom. The average Bonchev–Trinajstić information content (AvgIpc) is 2.72. The number of esters is 1. The minimum absolute atomic E-state index is 0.0433. The molecule has 17 heavy (non-hydrogen) atoms. The Hall–Kier alpha value is -1.70. The topological polar surface area (TPSA) is 52.1 Å². The van der Waals surface area contributed by atoms with E-state index in [0.717, 1.165) is 11.5 Å². The standard InChI is InChI=1S/C9H5F3N2O2S/c10-9(11,12)4-16-8(15)5-2-1-3-6-7(5)17-14-13-6/h1-3H,4H2. The summed E-state index contributed by atoms with van der Waals surface area (Å²) >= 11 is 0.932. The first-order chi connectivity index (χ1) is 7.97. The largest absolute Gasteiger partial charge is 0.452 e. The lowest BCUT2D eigenvalue weighted by Crippen LogP contribution is -2.20. The molecule has 0 aliphatic heterocycles. The van der Waals surface area contributed by atoms with Gasteiger partial charge in [-0.2, -0.15) is 13.2 Å². The van der Waals surface area contributed by atoms with Crippen LogP contribution in [0.3, 0.4) is 0 Å². The first-order valence-electron chi connectivity index (χ1n) is 4.42. The van der Waals surface area contributed by atoms with Crippen LogP contribution in [-0.2, 0) is 4.74 Å². The van der Waals surface area contributed by atoms with Crippen LogP contribution in [0.5, 0.6) is 0 Å². The lowest BCUT2D eigenvalue weighted by Gasteiger charge is -2.07. The van der Waals surface area contributed by atoms with Gasteiger partial charge in [-0.3, -0.25) is 0 Å². The van der Waals surface area contributed by atoms with Gasteiger partial charge in [0.2, 0.25) is 0 Å². The highest BCUT2D eigenvalue weighted by Crippen LogP contribution is 2.22. The second kappa shape index (κ2) is 4.28. The van der Waals surface area contributed by atoms with Gasteiger partial charge in [0.15, 0.2) is 6.61 Å². The van der Waals surface area contributed by atoms with Crippen molar-refractivity contribution in [2.24, 2.45) is 0 Å². The van der Waals surface area contributed by atoms with Crippen molar-refractivity contribution in [1.82, 2.24) is 9.59 Å². The molecule has 8 heteroatoms. The molecule has 90 valence electrons. The zero-order valence-corrected chi connectivity index (χ0v) is 9.01. The fourth-order valence-corrected chi connectivity index (χ4v) is 1.85. The van der Waals surface area contributed by atoms with E-state index in [0.29, 0.717) is 10.2 Å². The number of alkyl halides is 3. The van der Waals surface area contributed by atoms with E-state index >= 15 is 0 Å². The molecule has 1 aromatic carbocycles. The molecule has 0 atom stereocenters. The van der Waals surface area contributed by atoms with Crippen molar-refractivity contribution in [2.75, 3.05) is 6.61 Å². The van der Waals surface area contributed by atoms with E-state index in [9.17, 15) is 18.0 Å². The Morgan fingerprint density at radius 3 is 2.88 bits per heavy atom. The number of nitrogens with zero attached hydrogens (tertiary/aromatic N) is 2. The third-order valence-corrected chi connectivity index (χ3v) is 2.64. The normalized spacial score (nSPS) is 11.7. The number of hydrogen-bond donors (Lipinski definition) is 0. The molecule has 0 saturated heterocycles. The highest BCUT2D eigenvalue weighted by Gasteiger charge is 2.30. The van der Waals surface area contributed by atoms with Crippen LogP contribution in [-0.4, -0.2) is 28.3 Å². The minimum atomic E-state index is -4.53. The summed E-state index contributed by atoms with van der Waals surface area (Å²) in [4.78, 5) is 11.4. The van der Waals surface area contributed by atoms with Gasteiger partial charge in [-0.25, -0.2) is 4.79 Å². The van der Waals surface area contributed by atoms with Crippen LogP contribution in [0.4, 0.5) is 13.2 Å². The summed E-state index contributed by atoms with van der Waals surface area (Å²) in [5.41, 5.74) is 0.498. The van der Waals surface area contributed by atoms with Crippen LogP contribution >= 0.6 is 11.5 Å². The van der Waals surface area contributed by atoms with Crippen molar-refractivity contribution < 1.29 is 22.7 Å². The number of aromatic nitrogens is 2. The summed E-state index contributed by atoms with van der Waals surface area (Å²) in [5, 5.41) is 3.71. The molecule has 1 aromatic heterocycles. The maximum Gasteiger partial charge on any atom is 0.422 e. The summed E-state index contributed by atoms with van der Waals surface area (Å²) in [7, 11) is 0. The van der Waals surface area contributed by atoms with Gasteiger partial charge in [0.1, 0.15) is 5.52 Å². The van der Waals surface area contributed by atoms with Crippen molar-refractivity contribution in [1.29, 1.82) is 0 Å². The van der Waals surface area contributed by atoms with Gasteiger partial charge in [0.25, 0.3) is 0 Å². The molecule has 0 radical (unpaired) electrons.